The van der Waals surface area contributed by atoms with Gasteiger partial charge in [0.15, 0.2) is 0 Å². The van der Waals surface area contributed by atoms with Crippen LogP contribution in [0.1, 0.15) is 28.2 Å². The van der Waals surface area contributed by atoms with Crippen LogP contribution in [-0.2, 0) is 9.59 Å². The number of amides is 3. The third kappa shape index (κ3) is 5.83. The molecule has 0 aliphatic carbocycles. The summed E-state index contributed by atoms with van der Waals surface area (Å²) in [5.41, 5.74) is 6.43. The molecule has 1 aromatic heterocycles. The highest BCUT2D eigenvalue weighted by atomic mass is 16.5. The van der Waals surface area contributed by atoms with Gasteiger partial charge in [0.1, 0.15) is 17.2 Å². The summed E-state index contributed by atoms with van der Waals surface area (Å²) in [4.78, 5) is 39.9. The van der Waals surface area contributed by atoms with Gasteiger partial charge in [0.05, 0.1) is 13.0 Å². The van der Waals surface area contributed by atoms with E-state index in [9.17, 15) is 14.4 Å². The van der Waals surface area contributed by atoms with Crippen LogP contribution in [0.2, 0.25) is 0 Å². The molecule has 0 unspecified atom stereocenters. The van der Waals surface area contributed by atoms with E-state index in [2.05, 4.69) is 10.7 Å². The van der Waals surface area contributed by atoms with Crippen LogP contribution in [0.15, 0.2) is 84.9 Å². The molecule has 3 aromatic carbocycles. The summed E-state index contributed by atoms with van der Waals surface area (Å²) < 4.78 is 12.7. The van der Waals surface area contributed by atoms with E-state index < -0.39 is 5.92 Å². The van der Waals surface area contributed by atoms with Gasteiger partial charge in [0.2, 0.25) is 11.8 Å². The highest BCUT2D eigenvalue weighted by Crippen LogP contribution is 2.30. The monoisotopic (exact) mass is 538 g/mol. The Hall–Kier alpha value is -5.05. The van der Waals surface area contributed by atoms with E-state index in [0.717, 1.165) is 17.1 Å². The predicted molar refractivity (Wildman–Crippen MR) is 153 cm³/mol. The minimum absolute atomic E-state index is 0.117. The molecule has 0 saturated carbocycles. The van der Waals surface area contributed by atoms with E-state index in [4.69, 9.17) is 9.47 Å². The van der Waals surface area contributed by atoms with Crippen LogP contribution in [0.25, 0.3) is 0 Å². The largest absolute Gasteiger partial charge is 0.497 e. The van der Waals surface area contributed by atoms with Gasteiger partial charge in [-0.05, 0) is 98.8 Å². The third-order valence-electron chi connectivity index (χ3n) is 6.84. The topological polar surface area (TPSA) is 102 Å². The van der Waals surface area contributed by atoms with Crippen molar-refractivity contribution >= 4 is 29.1 Å². The second-order valence-corrected chi connectivity index (χ2v) is 9.64. The smallest absolute Gasteiger partial charge is 0.270 e. The van der Waals surface area contributed by atoms with Crippen LogP contribution >= 0.6 is 0 Å². The van der Waals surface area contributed by atoms with Gasteiger partial charge in [-0.2, -0.15) is 0 Å². The Morgan fingerprint density at radius 1 is 0.800 bits per heavy atom. The lowest BCUT2D eigenvalue weighted by atomic mass is 10.1. The van der Waals surface area contributed by atoms with Crippen molar-refractivity contribution in [1.29, 1.82) is 0 Å². The van der Waals surface area contributed by atoms with Gasteiger partial charge in [-0.25, -0.2) is 0 Å². The minimum atomic E-state index is -0.495. The molecule has 1 aliphatic heterocycles. The fourth-order valence-corrected chi connectivity index (χ4v) is 4.57. The molecule has 0 spiro atoms. The zero-order valence-corrected chi connectivity index (χ0v) is 22.5. The second-order valence-electron chi connectivity index (χ2n) is 9.64. The molecule has 3 amide bonds. The molecule has 40 heavy (non-hydrogen) atoms. The van der Waals surface area contributed by atoms with Crippen molar-refractivity contribution in [3.63, 3.8) is 0 Å². The van der Waals surface area contributed by atoms with Crippen LogP contribution in [0.3, 0.4) is 0 Å². The first-order valence-corrected chi connectivity index (χ1v) is 12.9. The standard InChI is InChI=1S/C31H30N4O5/c1-20-4-5-21(2)35(20)33-31(38)22-6-8-24(9-7-22)32-30(37)23-18-29(36)34(19-23)25-10-12-27(13-11-25)40-28-16-14-26(39-3)15-17-28/h4-17,23H,18-19H2,1-3H3,(H,32,37)(H,33,38)/t23-/m1/s1. The molecule has 1 fully saturated rings. The molecule has 1 atom stereocenters. The van der Waals surface area contributed by atoms with Crippen molar-refractivity contribution in [2.45, 2.75) is 20.3 Å². The number of nitrogens with zero attached hydrogens (tertiary/aromatic N) is 2. The van der Waals surface area contributed by atoms with Crippen molar-refractivity contribution < 1.29 is 23.9 Å². The number of rotatable bonds is 8. The Morgan fingerprint density at radius 3 is 1.98 bits per heavy atom. The van der Waals surface area contributed by atoms with Gasteiger partial charge < -0.3 is 19.7 Å². The maximum Gasteiger partial charge on any atom is 0.270 e. The number of carbonyl (C=O) groups is 3. The number of aryl methyl sites for hydroxylation is 2. The van der Waals surface area contributed by atoms with E-state index in [1.807, 2.05) is 50.2 Å². The number of benzene rings is 3. The van der Waals surface area contributed by atoms with E-state index in [0.29, 0.717) is 28.4 Å². The summed E-state index contributed by atoms with van der Waals surface area (Å²) in [6, 6.07) is 25.0. The van der Waals surface area contributed by atoms with Crippen LogP contribution < -0.4 is 25.1 Å². The summed E-state index contributed by atoms with van der Waals surface area (Å²) in [6.45, 7) is 4.10. The fourth-order valence-electron chi connectivity index (χ4n) is 4.57. The van der Waals surface area contributed by atoms with E-state index >= 15 is 0 Å². The van der Waals surface area contributed by atoms with Gasteiger partial charge in [0.25, 0.3) is 5.91 Å². The molecular weight excluding hydrogens is 508 g/mol. The highest BCUT2D eigenvalue weighted by molar-refractivity contribution is 6.04. The van der Waals surface area contributed by atoms with E-state index in [1.165, 1.54) is 0 Å². The predicted octanol–water partition coefficient (Wildman–Crippen LogP) is 5.28. The molecule has 2 N–H and O–H groups in total. The summed E-state index contributed by atoms with van der Waals surface area (Å²) in [5.74, 6) is 0.931. The Balaban J connectivity index is 1.16. The Labute approximate surface area is 232 Å². The van der Waals surface area contributed by atoms with Crippen molar-refractivity contribution in [1.82, 2.24) is 4.68 Å². The quantitative estimate of drug-likeness (QED) is 0.318. The Kier molecular flexibility index (Phi) is 7.54. The lowest BCUT2D eigenvalue weighted by molar-refractivity contribution is -0.122. The lowest BCUT2D eigenvalue weighted by Crippen LogP contribution is -2.28. The molecule has 0 bridgehead atoms. The molecule has 4 aromatic rings. The number of hydrogen-bond acceptors (Lipinski definition) is 5. The number of methoxy groups -OCH3 is 1. The molecule has 5 rings (SSSR count). The fraction of sp³-hybridized carbons (Fsp3) is 0.194. The lowest BCUT2D eigenvalue weighted by Gasteiger charge is -2.17. The summed E-state index contributed by atoms with van der Waals surface area (Å²) in [7, 11) is 1.61. The van der Waals surface area contributed by atoms with Gasteiger partial charge in [-0.15, -0.1) is 0 Å². The number of nitrogens with one attached hydrogen (secondary N) is 2. The maximum absolute atomic E-state index is 12.9. The first-order valence-electron chi connectivity index (χ1n) is 12.9. The zero-order chi connectivity index (χ0) is 28.2. The van der Waals surface area contributed by atoms with Gasteiger partial charge in [-0.1, -0.05) is 0 Å². The molecule has 1 aliphatic rings. The van der Waals surface area contributed by atoms with E-state index in [-0.39, 0.29) is 30.7 Å². The number of carbonyl (C=O) groups excluding carboxylic acids is 3. The normalized spacial score (nSPS) is 14.6. The molecule has 9 nitrogen and oxygen atoms in total. The summed E-state index contributed by atoms with van der Waals surface area (Å²) >= 11 is 0. The molecule has 9 heteroatoms. The Morgan fingerprint density at radius 2 is 1.38 bits per heavy atom. The van der Waals surface area contributed by atoms with Gasteiger partial charge in [-0.3, -0.25) is 24.5 Å². The average molecular weight is 539 g/mol. The molecule has 2 heterocycles. The Bertz CT molecular complexity index is 1510. The first kappa shape index (κ1) is 26.6. The van der Waals surface area contributed by atoms with Crippen LogP contribution in [0.4, 0.5) is 11.4 Å². The van der Waals surface area contributed by atoms with Crippen molar-refractivity contribution in [2.75, 3.05) is 29.3 Å². The summed E-state index contributed by atoms with van der Waals surface area (Å²) in [6.07, 6.45) is 0.117. The van der Waals surface area contributed by atoms with Crippen LogP contribution in [0, 0.1) is 19.8 Å². The van der Waals surface area contributed by atoms with Gasteiger partial charge in [0, 0.05) is 41.3 Å². The SMILES string of the molecule is COc1ccc(Oc2ccc(N3C[C@H](C(=O)Nc4ccc(C(=O)Nn5c(C)ccc5C)cc4)CC3=O)cc2)cc1. The van der Waals surface area contributed by atoms with Crippen LogP contribution in [-0.4, -0.2) is 36.1 Å². The highest BCUT2D eigenvalue weighted by Gasteiger charge is 2.35. The van der Waals surface area contributed by atoms with E-state index in [1.54, 1.807) is 65.2 Å². The molecule has 0 radical (unpaired) electrons. The minimum Gasteiger partial charge on any atom is -0.497 e. The maximum atomic E-state index is 12.9. The number of anilines is 2. The first-order chi connectivity index (χ1) is 19.3. The average Bonchev–Trinajstić information content (AvgIpc) is 3.51. The summed E-state index contributed by atoms with van der Waals surface area (Å²) in [5, 5.41) is 2.87. The molecule has 204 valence electrons. The van der Waals surface area contributed by atoms with Crippen molar-refractivity contribution in [3.05, 3.63) is 102 Å². The van der Waals surface area contributed by atoms with Crippen molar-refractivity contribution in [2.24, 2.45) is 5.92 Å². The van der Waals surface area contributed by atoms with Crippen LogP contribution in [0.5, 0.6) is 17.2 Å². The van der Waals surface area contributed by atoms with Gasteiger partial charge >= 0.3 is 0 Å². The zero-order valence-electron chi connectivity index (χ0n) is 22.5. The number of aromatic nitrogens is 1. The molecule has 1 saturated heterocycles. The number of ether oxygens (including phenoxy) is 2. The van der Waals surface area contributed by atoms with Crippen molar-refractivity contribution in [3.8, 4) is 17.2 Å². The second kappa shape index (κ2) is 11.4. The number of hydrogen-bond donors (Lipinski definition) is 2. The third-order valence-corrected chi connectivity index (χ3v) is 6.84. The molecular formula is C31H30N4O5.